The number of aromatic nitrogens is 3. The van der Waals surface area contributed by atoms with Gasteiger partial charge in [-0.15, -0.1) is 16.8 Å². The Morgan fingerprint density at radius 1 is 1.15 bits per heavy atom. The Morgan fingerprint density at radius 2 is 1.85 bits per heavy atom. The number of nitrogens with one attached hydrogen (secondary N) is 2. The number of hydrogen-bond donors (Lipinski definition) is 2. The van der Waals surface area contributed by atoms with Crippen LogP contribution < -0.4 is 10.6 Å². The van der Waals surface area contributed by atoms with Gasteiger partial charge in [-0.2, -0.15) is 0 Å². The molecule has 1 aromatic heterocycles. The second-order valence-corrected chi connectivity index (χ2v) is 9.50. The van der Waals surface area contributed by atoms with Crippen LogP contribution in [-0.2, 0) is 11.3 Å². The number of amides is 2. The van der Waals surface area contributed by atoms with Crippen LogP contribution in [0.2, 0.25) is 15.1 Å². The predicted octanol–water partition coefficient (Wildman–Crippen LogP) is 5.95. The molecular formula is C23H22Cl3N5O2S. The van der Waals surface area contributed by atoms with E-state index in [1.165, 1.54) is 23.9 Å². The van der Waals surface area contributed by atoms with E-state index in [-0.39, 0.29) is 27.6 Å². The van der Waals surface area contributed by atoms with Crippen LogP contribution in [-0.4, -0.2) is 32.3 Å². The van der Waals surface area contributed by atoms with Crippen molar-refractivity contribution in [2.24, 2.45) is 0 Å². The van der Waals surface area contributed by atoms with E-state index in [1.807, 2.05) is 32.0 Å². The fourth-order valence-electron chi connectivity index (χ4n) is 3.13. The molecule has 0 aliphatic heterocycles. The van der Waals surface area contributed by atoms with Crippen LogP contribution in [0.3, 0.4) is 0 Å². The number of carbonyl (C=O) groups excluding carboxylic acids is 2. The smallest absolute Gasteiger partial charge is 0.252 e. The van der Waals surface area contributed by atoms with E-state index in [4.69, 9.17) is 34.8 Å². The first kappa shape index (κ1) is 26.1. The lowest BCUT2D eigenvalue weighted by atomic mass is 10.1. The summed E-state index contributed by atoms with van der Waals surface area (Å²) in [7, 11) is 0. The second kappa shape index (κ2) is 11.8. The summed E-state index contributed by atoms with van der Waals surface area (Å²) in [6.45, 7) is 7.90. The molecule has 2 N–H and O–H groups in total. The van der Waals surface area contributed by atoms with Gasteiger partial charge in [-0.25, -0.2) is 0 Å². The SMILES string of the molecule is C=CCn1c(SCC(=O)Nc2cc(Cl)c(Cl)cc2Cl)nnc1[C@@H](C)NC(=O)c1ccccc1C. The maximum absolute atomic E-state index is 12.7. The molecule has 0 radical (unpaired) electrons. The molecule has 3 aromatic rings. The zero-order chi connectivity index (χ0) is 24.8. The first-order valence-electron chi connectivity index (χ1n) is 10.2. The Labute approximate surface area is 216 Å². The molecule has 0 spiro atoms. The molecular weight excluding hydrogens is 517 g/mol. The van der Waals surface area contributed by atoms with Gasteiger partial charge in [-0.05, 0) is 37.6 Å². The minimum Gasteiger partial charge on any atom is -0.342 e. The van der Waals surface area contributed by atoms with Crippen LogP contribution in [0.15, 0.2) is 54.2 Å². The summed E-state index contributed by atoms with van der Waals surface area (Å²) in [5, 5.41) is 15.5. The third-order valence-corrected chi connectivity index (χ3v) is 6.80. The maximum Gasteiger partial charge on any atom is 0.252 e. The molecule has 0 aliphatic carbocycles. The van der Waals surface area contributed by atoms with Crippen molar-refractivity contribution in [3.8, 4) is 0 Å². The van der Waals surface area contributed by atoms with Gasteiger partial charge in [-0.1, -0.05) is 70.8 Å². The molecule has 2 aromatic carbocycles. The van der Waals surface area contributed by atoms with Crippen molar-refractivity contribution in [2.45, 2.75) is 31.6 Å². The van der Waals surface area contributed by atoms with Gasteiger partial charge >= 0.3 is 0 Å². The van der Waals surface area contributed by atoms with Gasteiger partial charge in [0.1, 0.15) is 0 Å². The average Bonchev–Trinajstić information content (AvgIpc) is 3.19. The summed E-state index contributed by atoms with van der Waals surface area (Å²) < 4.78 is 1.81. The van der Waals surface area contributed by atoms with Crippen LogP contribution in [0.4, 0.5) is 5.69 Å². The third kappa shape index (κ3) is 6.33. The number of benzene rings is 2. The number of thioether (sulfide) groups is 1. The van der Waals surface area contributed by atoms with Crippen LogP contribution in [0, 0.1) is 6.92 Å². The lowest BCUT2D eigenvalue weighted by Crippen LogP contribution is -2.29. The number of rotatable bonds is 9. The molecule has 178 valence electrons. The highest BCUT2D eigenvalue weighted by molar-refractivity contribution is 7.99. The Balaban J connectivity index is 1.69. The normalized spacial score (nSPS) is 11.7. The Morgan fingerprint density at radius 3 is 2.56 bits per heavy atom. The van der Waals surface area contributed by atoms with Crippen LogP contribution in [0.25, 0.3) is 0 Å². The summed E-state index contributed by atoms with van der Waals surface area (Å²) in [6.07, 6.45) is 1.70. The Kier molecular flexibility index (Phi) is 9.02. The number of hydrogen-bond acceptors (Lipinski definition) is 5. The van der Waals surface area contributed by atoms with Gasteiger partial charge in [0.05, 0.1) is 32.5 Å². The highest BCUT2D eigenvalue weighted by Gasteiger charge is 2.21. The van der Waals surface area contributed by atoms with E-state index >= 15 is 0 Å². The fraction of sp³-hybridized carbons (Fsp3) is 0.217. The quantitative estimate of drug-likeness (QED) is 0.199. The zero-order valence-corrected chi connectivity index (χ0v) is 21.5. The topological polar surface area (TPSA) is 88.9 Å². The fourth-order valence-corrected chi connectivity index (χ4v) is 4.48. The van der Waals surface area contributed by atoms with E-state index in [2.05, 4.69) is 27.4 Å². The van der Waals surface area contributed by atoms with Gasteiger partial charge in [0, 0.05) is 12.1 Å². The Hall–Kier alpha value is -2.52. The van der Waals surface area contributed by atoms with E-state index in [0.717, 1.165) is 5.56 Å². The average molecular weight is 539 g/mol. The molecule has 0 fully saturated rings. The van der Waals surface area contributed by atoms with E-state index in [0.29, 0.717) is 33.8 Å². The first-order valence-corrected chi connectivity index (χ1v) is 12.3. The highest BCUT2D eigenvalue weighted by Crippen LogP contribution is 2.32. The minimum absolute atomic E-state index is 0.0514. The molecule has 0 aliphatic rings. The first-order chi connectivity index (χ1) is 16.2. The number of allylic oxidation sites excluding steroid dienone is 1. The van der Waals surface area contributed by atoms with Crippen molar-refractivity contribution >= 4 is 64.1 Å². The number of carbonyl (C=O) groups is 2. The monoisotopic (exact) mass is 537 g/mol. The summed E-state index contributed by atoms with van der Waals surface area (Å²) in [5.74, 6) is 0.0968. The molecule has 1 heterocycles. The van der Waals surface area contributed by atoms with E-state index in [1.54, 1.807) is 16.7 Å². The molecule has 34 heavy (non-hydrogen) atoms. The molecule has 0 bridgehead atoms. The molecule has 0 unspecified atom stereocenters. The molecule has 3 rings (SSSR count). The second-order valence-electron chi connectivity index (χ2n) is 7.33. The Bertz CT molecular complexity index is 1230. The largest absolute Gasteiger partial charge is 0.342 e. The molecule has 1 atom stereocenters. The lowest BCUT2D eigenvalue weighted by molar-refractivity contribution is -0.113. The van der Waals surface area contributed by atoms with Crippen LogP contribution >= 0.6 is 46.6 Å². The van der Waals surface area contributed by atoms with Crippen molar-refractivity contribution in [3.63, 3.8) is 0 Å². The lowest BCUT2D eigenvalue weighted by Gasteiger charge is -2.16. The molecule has 2 amide bonds. The molecule has 0 saturated carbocycles. The van der Waals surface area contributed by atoms with Gasteiger partial charge in [-0.3, -0.25) is 9.59 Å². The summed E-state index contributed by atoms with van der Waals surface area (Å²) in [5.41, 5.74) is 1.84. The number of halogens is 3. The maximum atomic E-state index is 12.7. The predicted molar refractivity (Wildman–Crippen MR) is 138 cm³/mol. The zero-order valence-electron chi connectivity index (χ0n) is 18.4. The van der Waals surface area contributed by atoms with Crippen LogP contribution in [0.1, 0.15) is 34.7 Å². The van der Waals surface area contributed by atoms with Gasteiger partial charge < -0.3 is 15.2 Å². The van der Waals surface area contributed by atoms with Gasteiger partial charge in [0.2, 0.25) is 5.91 Å². The molecule has 0 saturated heterocycles. The highest BCUT2D eigenvalue weighted by atomic mass is 35.5. The standard InChI is InChI=1S/C23H22Cl3N5O2S/c1-4-9-31-21(14(3)27-22(33)15-8-6-5-7-13(15)2)29-30-23(31)34-12-20(32)28-19-11-17(25)16(24)10-18(19)26/h4-8,10-11,14H,1,9,12H2,2-3H3,(H,27,33)(H,28,32)/t14-/m1/s1. The summed E-state index contributed by atoms with van der Waals surface area (Å²) >= 11 is 19.3. The minimum atomic E-state index is -0.419. The van der Waals surface area contributed by atoms with Crippen molar-refractivity contribution < 1.29 is 9.59 Å². The number of aryl methyl sites for hydroxylation is 1. The van der Waals surface area contributed by atoms with Crippen molar-refractivity contribution in [2.75, 3.05) is 11.1 Å². The van der Waals surface area contributed by atoms with Gasteiger partial charge in [0.15, 0.2) is 11.0 Å². The van der Waals surface area contributed by atoms with Crippen molar-refractivity contribution in [1.29, 1.82) is 0 Å². The number of nitrogens with zero attached hydrogens (tertiary/aromatic N) is 3. The summed E-state index contributed by atoms with van der Waals surface area (Å²) in [6, 6.07) is 9.89. The third-order valence-electron chi connectivity index (χ3n) is 4.80. The summed E-state index contributed by atoms with van der Waals surface area (Å²) in [4.78, 5) is 25.2. The van der Waals surface area contributed by atoms with Gasteiger partial charge in [0.25, 0.3) is 5.91 Å². The number of anilines is 1. The van der Waals surface area contributed by atoms with Crippen molar-refractivity contribution in [1.82, 2.24) is 20.1 Å². The van der Waals surface area contributed by atoms with Crippen molar-refractivity contribution in [3.05, 3.63) is 81.1 Å². The molecule has 7 nitrogen and oxygen atoms in total. The van der Waals surface area contributed by atoms with E-state index in [9.17, 15) is 9.59 Å². The van der Waals surface area contributed by atoms with Crippen LogP contribution in [0.5, 0.6) is 0 Å². The molecule has 11 heteroatoms. The van der Waals surface area contributed by atoms with E-state index < -0.39 is 6.04 Å².